The Morgan fingerprint density at radius 3 is 2.67 bits per heavy atom. The van der Waals surface area contributed by atoms with Crippen molar-refractivity contribution < 1.29 is 9.47 Å². The molecule has 3 heteroatoms. The Kier molecular flexibility index (Phi) is 6.75. The molecule has 0 aliphatic heterocycles. The maximum absolute atomic E-state index is 5.66. The largest absolute Gasteiger partial charge is 0.493 e. The van der Waals surface area contributed by atoms with Crippen molar-refractivity contribution in [2.45, 2.75) is 25.8 Å². The average Bonchev–Trinajstić information content (AvgIpc) is 2.42. The van der Waals surface area contributed by atoms with Crippen LogP contribution in [0.15, 0.2) is 24.3 Å². The van der Waals surface area contributed by atoms with E-state index in [0.717, 1.165) is 30.9 Å². The fraction of sp³-hybridized carbons (Fsp3) is 0.467. The molecule has 0 heterocycles. The highest BCUT2D eigenvalue weighted by atomic mass is 16.5. The average molecular weight is 247 g/mol. The number of methoxy groups -OCH3 is 1. The summed E-state index contributed by atoms with van der Waals surface area (Å²) in [6.45, 7) is 3.50. The van der Waals surface area contributed by atoms with Gasteiger partial charge in [0.05, 0.1) is 7.11 Å². The maximum Gasteiger partial charge on any atom is 0.161 e. The van der Waals surface area contributed by atoms with E-state index in [9.17, 15) is 0 Å². The smallest absolute Gasteiger partial charge is 0.161 e. The van der Waals surface area contributed by atoms with Crippen molar-refractivity contribution in [2.75, 3.05) is 20.3 Å². The first-order chi connectivity index (χ1) is 8.81. The molecule has 0 spiro atoms. The van der Waals surface area contributed by atoms with Crippen molar-refractivity contribution >= 4 is 0 Å². The van der Waals surface area contributed by atoms with E-state index in [2.05, 4.69) is 18.2 Å². The van der Waals surface area contributed by atoms with Crippen molar-refractivity contribution in [2.24, 2.45) is 0 Å². The molecule has 0 amide bonds. The van der Waals surface area contributed by atoms with E-state index in [1.165, 1.54) is 0 Å². The second-order valence-corrected chi connectivity index (χ2v) is 3.97. The highest BCUT2D eigenvalue weighted by Crippen LogP contribution is 2.25. The number of hydrogen-bond donors (Lipinski definition) is 1. The van der Waals surface area contributed by atoms with Gasteiger partial charge in [0.2, 0.25) is 0 Å². The van der Waals surface area contributed by atoms with Gasteiger partial charge in [-0.1, -0.05) is 19.1 Å². The van der Waals surface area contributed by atoms with Crippen molar-refractivity contribution in [3.8, 4) is 23.8 Å². The highest BCUT2D eigenvalue weighted by molar-refractivity contribution is 5.39. The van der Waals surface area contributed by atoms with Crippen LogP contribution >= 0.6 is 0 Å². The van der Waals surface area contributed by atoms with E-state index < -0.39 is 0 Å². The summed E-state index contributed by atoms with van der Waals surface area (Å²) in [7, 11) is 1.64. The molecule has 0 aromatic heterocycles. The molecule has 0 saturated carbocycles. The first-order valence-corrected chi connectivity index (χ1v) is 6.24. The molecule has 1 N–H and O–H groups in total. The predicted molar refractivity (Wildman–Crippen MR) is 74.0 cm³/mol. The number of nitrogens with one attached hydrogen (secondary N) is 1. The second kappa shape index (κ2) is 8.43. The standard InChI is InChI=1S/C15H21NO2/c1-4-8-13(5-2)16-11-12-18-15-10-7-6-9-14(15)17-3/h1,6-7,9-10,13,16H,5,8,11-12H2,2-3H3. The molecule has 1 unspecified atom stereocenters. The summed E-state index contributed by atoms with van der Waals surface area (Å²) < 4.78 is 10.9. The van der Waals surface area contributed by atoms with E-state index in [-0.39, 0.29) is 0 Å². The molecule has 0 fully saturated rings. The summed E-state index contributed by atoms with van der Waals surface area (Å²) in [6, 6.07) is 8.01. The van der Waals surface area contributed by atoms with Crippen LogP contribution in [0.25, 0.3) is 0 Å². The Hall–Kier alpha value is -1.66. The topological polar surface area (TPSA) is 30.5 Å². The number of ether oxygens (including phenoxy) is 2. The van der Waals surface area contributed by atoms with Gasteiger partial charge in [-0.15, -0.1) is 12.3 Å². The van der Waals surface area contributed by atoms with Gasteiger partial charge in [0.25, 0.3) is 0 Å². The van der Waals surface area contributed by atoms with Crippen LogP contribution in [0.3, 0.4) is 0 Å². The molecular formula is C15H21NO2. The lowest BCUT2D eigenvalue weighted by Crippen LogP contribution is -2.31. The maximum atomic E-state index is 5.66. The Balaban J connectivity index is 2.31. The molecule has 1 atom stereocenters. The lowest BCUT2D eigenvalue weighted by molar-refractivity contribution is 0.285. The van der Waals surface area contributed by atoms with Gasteiger partial charge in [-0.05, 0) is 18.6 Å². The van der Waals surface area contributed by atoms with E-state index in [1.54, 1.807) is 7.11 Å². The van der Waals surface area contributed by atoms with E-state index in [1.807, 2.05) is 24.3 Å². The Morgan fingerprint density at radius 1 is 1.33 bits per heavy atom. The fourth-order valence-electron chi connectivity index (χ4n) is 1.67. The Morgan fingerprint density at radius 2 is 2.06 bits per heavy atom. The minimum atomic E-state index is 0.372. The molecule has 0 radical (unpaired) electrons. The van der Waals surface area contributed by atoms with Crippen LogP contribution in [0, 0.1) is 12.3 Å². The quantitative estimate of drug-likeness (QED) is 0.565. The van der Waals surface area contributed by atoms with Gasteiger partial charge in [-0.25, -0.2) is 0 Å². The van der Waals surface area contributed by atoms with Crippen molar-refractivity contribution in [3.63, 3.8) is 0 Å². The highest BCUT2D eigenvalue weighted by Gasteiger charge is 2.04. The summed E-state index contributed by atoms with van der Waals surface area (Å²) in [6.07, 6.45) is 7.08. The SMILES string of the molecule is C#CCC(CC)NCCOc1ccccc1OC. The van der Waals surface area contributed by atoms with Crippen molar-refractivity contribution in [1.82, 2.24) is 5.32 Å². The molecule has 1 aromatic rings. The van der Waals surface area contributed by atoms with E-state index >= 15 is 0 Å². The first-order valence-electron chi connectivity index (χ1n) is 6.24. The van der Waals surface area contributed by atoms with Crippen LogP contribution in [0.2, 0.25) is 0 Å². The third-order valence-electron chi connectivity index (χ3n) is 2.72. The summed E-state index contributed by atoms with van der Waals surface area (Å²) in [4.78, 5) is 0. The molecule has 1 rings (SSSR count). The van der Waals surface area contributed by atoms with Crippen LogP contribution in [-0.4, -0.2) is 26.3 Å². The van der Waals surface area contributed by atoms with Crippen LogP contribution in [0.5, 0.6) is 11.5 Å². The Bertz CT molecular complexity index is 384. The number of rotatable bonds is 8. The molecule has 0 aliphatic carbocycles. The van der Waals surface area contributed by atoms with E-state index in [4.69, 9.17) is 15.9 Å². The third kappa shape index (κ3) is 4.68. The Labute approximate surface area is 109 Å². The summed E-state index contributed by atoms with van der Waals surface area (Å²) >= 11 is 0. The molecule has 0 aliphatic rings. The monoisotopic (exact) mass is 247 g/mol. The lowest BCUT2D eigenvalue weighted by atomic mass is 10.1. The first kappa shape index (κ1) is 14.4. The van der Waals surface area contributed by atoms with Crippen LogP contribution in [0.4, 0.5) is 0 Å². The zero-order valence-corrected chi connectivity index (χ0v) is 11.1. The minimum Gasteiger partial charge on any atom is -0.493 e. The molecular weight excluding hydrogens is 226 g/mol. The fourth-order valence-corrected chi connectivity index (χ4v) is 1.67. The van der Waals surface area contributed by atoms with E-state index in [0.29, 0.717) is 12.6 Å². The number of terminal acetylenes is 1. The predicted octanol–water partition coefficient (Wildman–Crippen LogP) is 2.47. The van der Waals surface area contributed by atoms with Gasteiger partial charge in [0, 0.05) is 19.0 Å². The van der Waals surface area contributed by atoms with Gasteiger partial charge in [0.15, 0.2) is 11.5 Å². The number of hydrogen-bond acceptors (Lipinski definition) is 3. The number of para-hydroxylation sites is 2. The van der Waals surface area contributed by atoms with Gasteiger partial charge in [-0.2, -0.15) is 0 Å². The molecule has 0 bridgehead atoms. The molecule has 98 valence electrons. The minimum absolute atomic E-state index is 0.372. The van der Waals surface area contributed by atoms with Crippen molar-refractivity contribution in [3.05, 3.63) is 24.3 Å². The zero-order valence-electron chi connectivity index (χ0n) is 11.1. The second-order valence-electron chi connectivity index (χ2n) is 3.97. The van der Waals surface area contributed by atoms with Gasteiger partial charge in [-0.3, -0.25) is 0 Å². The van der Waals surface area contributed by atoms with Gasteiger partial charge < -0.3 is 14.8 Å². The lowest BCUT2D eigenvalue weighted by Gasteiger charge is -2.15. The van der Waals surface area contributed by atoms with Crippen LogP contribution in [-0.2, 0) is 0 Å². The summed E-state index contributed by atoms with van der Waals surface area (Å²) in [5.74, 6) is 4.20. The van der Waals surface area contributed by atoms with Gasteiger partial charge >= 0.3 is 0 Å². The summed E-state index contributed by atoms with van der Waals surface area (Å²) in [5, 5.41) is 3.37. The van der Waals surface area contributed by atoms with Crippen LogP contribution in [0.1, 0.15) is 19.8 Å². The molecule has 3 nitrogen and oxygen atoms in total. The third-order valence-corrected chi connectivity index (χ3v) is 2.72. The normalized spacial score (nSPS) is 11.6. The molecule has 1 aromatic carbocycles. The zero-order chi connectivity index (χ0) is 13.2. The number of benzene rings is 1. The summed E-state index contributed by atoms with van der Waals surface area (Å²) in [5.41, 5.74) is 0. The molecule has 18 heavy (non-hydrogen) atoms. The molecule has 0 saturated heterocycles. The van der Waals surface area contributed by atoms with Crippen molar-refractivity contribution in [1.29, 1.82) is 0 Å². The van der Waals surface area contributed by atoms with Crippen LogP contribution < -0.4 is 14.8 Å². The van der Waals surface area contributed by atoms with Gasteiger partial charge in [0.1, 0.15) is 6.61 Å².